The lowest BCUT2D eigenvalue weighted by Crippen LogP contribution is -2.41. The van der Waals surface area contributed by atoms with E-state index in [9.17, 15) is 9.59 Å². The fourth-order valence-corrected chi connectivity index (χ4v) is 5.20. The van der Waals surface area contributed by atoms with Crippen molar-refractivity contribution < 1.29 is 24.2 Å². The molecule has 1 fully saturated rings. The van der Waals surface area contributed by atoms with Crippen LogP contribution in [-0.4, -0.2) is 65.2 Å². The van der Waals surface area contributed by atoms with Gasteiger partial charge < -0.3 is 30.1 Å². The number of piperidine rings is 1. The molecule has 5 N–H and O–H groups in total. The van der Waals surface area contributed by atoms with Gasteiger partial charge in [0, 0.05) is 36.1 Å². The van der Waals surface area contributed by atoms with Gasteiger partial charge in [0.05, 0.1) is 25.6 Å². The second-order valence-corrected chi connectivity index (χ2v) is 10.1. The van der Waals surface area contributed by atoms with Crippen LogP contribution in [0.2, 0.25) is 0 Å². The molecule has 1 aliphatic heterocycles. The van der Waals surface area contributed by atoms with Crippen LogP contribution in [0.5, 0.6) is 11.5 Å². The number of carbonyl (C=O) groups excluding carboxylic acids is 1. The van der Waals surface area contributed by atoms with Gasteiger partial charge in [-0.25, -0.2) is 9.78 Å². The van der Waals surface area contributed by atoms with E-state index in [1.165, 1.54) is 11.3 Å². The van der Waals surface area contributed by atoms with E-state index in [0.717, 1.165) is 16.9 Å². The average Bonchev–Trinajstić information content (AvgIpc) is 3.46. The number of hydrogen-bond acceptors (Lipinski definition) is 11. The second-order valence-electron chi connectivity index (χ2n) is 9.23. The van der Waals surface area contributed by atoms with Crippen molar-refractivity contribution in [2.75, 3.05) is 42.8 Å². The van der Waals surface area contributed by atoms with Crippen molar-refractivity contribution in [3.63, 3.8) is 0 Å². The Balaban J connectivity index is 1.30. The Morgan fingerprint density at radius 3 is 2.56 bits per heavy atom. The van der Waals surface area contributed by atoms with Crippen LogP contribution in [0.25, 0.3) is 10.3 Å². The van der Waals surface area contributed by atoms with E-state index in [4.69, 9.17) is 30.0 Å². The molecule has 0 bridgehead atoms. The molecule has 13 nitrogen and oxygen atoms in total. The smallest absolute Gasteiger partial charge is 0.410 e. The Bertz CT molecular complexity index is 1590. The molecule has 5 rings (SSSR count). The molecule has 4 aromatic rings. The van der Waals surface area contributed by atoms with Crippen molar-refractivity contribution in [3.05, 3.63) is 53.5 Å². The maximum atomic E-state index is 13.1. The van der Waals surface area contributed by atoms with Crippen molar-refractivity contribution in [1.82, 2.24) is 20.3 Å². The molecular formula is C27H28N8O5S. The molecule has 14 heteroatoms. The number of amides is 2. The van der Waals surface area contributed by atoms with Gasteiger partial charge >= 0.3 is 6.09 Å². The minimum atomic E-state index is -1.31. The van der Waals surface area contributed by atoms with Crippen LogP contribution in [-0.2, 0) is 4.79 Å². The Labute approximate surface area is 239 Å². The number of nitrogens with one attached hydrogen (secondary N) is 4. The molecule has 1 saturated heterocycles. The van der Waals surface area contributed by atoms with Gasteiger partial charge in [-0.15, -0.1) is 11.3 Å². The molecule has 212 valence electrons. The number of amidine groups is 1. The van der Waals surface area contributed by atoms with Gasteiger partial charge in [0.25, 0.3) is 0 Å². The normalized spacial score (nSPS) is 14.8. The third-order valence-corrected chi connectivity index (χ3v) is 7.30. The van der Waals surface area contributed by atoms with E-state index >= 15 is 0 Å². The first-order valence-electron chi connectivity index (χ1n) is 12.7. The highest BCUT2D eigenvalue weighted by Crippen LogP contribution is 2.34. The minimum Gasteiger partial charge on any atom is -0.493 e. The standard InChI is InChI=1S/C27H28N8O5S/c1-39-19-10-9-18(12-20(19)40-2)30-23-21-25(41-14-29-21)34-26(33-23)35-11-3-4-16(13-35)24(36)31-17-7-5-15(6-8-17)22(28)32-27(37)38/h5-10,12,14,16H,3-4,11,13H2,1-2H3,(H2,28,32)(H,31,36)(H,37,38)(H,30,33,34). The Hall–Kier alpha value is -4.98. The molecule has 1 aliphatic rings. The zero-order valence-corrected chi connectivity index (χ0v) is 23.1. The maximum Gasteiger partial charge on any atom is 0.410 e. The van der Waals surface area contributed by atoms with Crippen LogP contribution in [0.3, 0.4) is 0 Å². The Kier molecular flexibility index (Phi) is 8.10. The first-order valence-corrected chi connectivity index (χ1v) is 13.6. The number of carboxylic acid groups (broad SMARTS) is 1. The summed E-state index contributed by atoms with van der Waals surface area (Å²) in [4.78, 5) is 40.6. The van der Waals surface area contributed by atoms with Crippen molar-refractivity contribution in [2.24, 2.45) is 5.92 Å². The largest absolute Gasteiger partial charge is 0.493 e. The van der Waals surface area contributed by atoms with Gasteiger partial charge in [-0.2, -0.15) is 9.97 Å². The van der Waals surface area contributed by atoms with Crippen molar-refractivity contribution >= 4 is 62.7 Å². The lowest BCUT2D eigenvalue weighted by molar-refractivity contribution is -0.120. The predicted molar refractivity (Wildman–Crippen MR) is 156 cm³/mol. The van der Waals surface area contributed by atoms with E-state index in [-0.39, 0.29) is 17.7 Å². The summed E-state index contributed by atoms with van der Waals surface area (Å²) in [5.41, 5.74) is 4.07. The highest BCUT2D eigenvalue weighted by molar-refractivity contribution is 7.16. The number of aromatic nitrogens is 3. The van der Waals surface area contributed by atoms with Crippen LogP contribution in [0, 0.1) is 11.3 Å². The van der Waals surface area contributed by atoms with Gasteiger partial charge in [-0.1, -0.05) is 0 Å². The predicted octanol–water partition coefficient (Wildman–Crippen LogP) is 4.30. The number of methoxy groups -OCH3 is 2. The Morgan fingerprint density at radius 1 is 1.07 bits per heavy atom. The van der Waals surface area contributed by atoms with Crippen molar-refractivity contribution in [1.29, 1.82) is 5.41 Å². The lowest BCUT2D eigenvalue weighted by atomic mass is 9.97. The third-order valence-electron chi connectivity index (χ3n) is 6.58. The van der Waals surface area contributed by atoms with E-state index in [1.807, 2.05) is 22.3 Å². The number of ether oxygens (including phenoxy) is 2. The molecular weight excluding hydrogens is 548 g/mol. The van der Waals surface area contributed by atoms with E-state index in [2.05, 4.69) is 15.6 Å². The van der Waals surface area contributed by atoms with Gasteiger partial charge in [0.15, 0.2) is 22.1 Å². The second kappa shape index (κ2) is 12.0. The molecule has 0 radical (unpaired) electrons. The van der Waals surface area contributed by atoms with Crippen molar-refractivity contribution in [3.8, 4) is 11.5 Å². The monoisotopic (exact) mass is 576 g/mol. The summed E-state index contributed by atoms with van der Waals surface area (Å²) in [6, 6.07) is 11.9. The third kappa shape index (κ3) is 6.27. The number of thiazole rings is 1. The summed E-state index contributed by atoms with van der Waals surface area (Å²) in [5.74, 6) is 1.59. The van der Waals surface area contributed by atoms with Crippen LogP contribution < -0.4 is 30.3 Å². The summed E-state index contributed by atoms with van der Waals surface area (Å²) < 4.78 is 10.8. The van der Waals surface area contributed by atoms with Crippen LogP contribution in [0.15, 0.2) is 48.0 Å². The summed E-state index contributed by atoms with van der Waals surface area (Å²) in [6.07, 6.45) is 0.196. The summed E-state index contributed by atoms with van der Waals surface area (Å²) >= 11 is 1.41. The zero-order valence-electron chi connectivity index (χ0n) is 22.3. The van der Waals surface area contributed by atoms with Gasteiger partial charge in [0.1, 0.15) is 11.4 Å². The molecule has 1 atom stereocenters. The molecule has 0 aliphatic carbocycles. The van der Waals surface area contributed by atoms with Crippen LogP contribution in [0.1, 0.15) is 18.4 Å². The van der Waals surface area contributed by atoms with E-state index in [1.54, 1.807) is 50.1 Å². The molecule has 0 saturated carbocycles. The van der Waals surface area contributed by atoms with Crippen molar-refractivity contribution in [2.45, 2.75) is 12.8 Å². The summed E-state index contributed by atoms with van der Waals surface area (Å²) in [5, 5.41) is 24.8. The van der Waals surface area contributed by atoms with Crippen LogP contribution >= 0.6 is 11.3 Å². The number of anilines is 4. The molecule has 3 heterocycles. The van der Waals surface area contributed by atoms with Gasteiger partial charge in [-0.05, 0) is 49.2 Å². The SMILES string of the molecule is COc1ccc(Nc2nc(N3CCCC(C(=O)Nc4ccc(C(=N)NC(=O)O)cc4)C3)nc3scnc23)cc1OC. The summed E-state index contributed by atoms with van der Waals surface area (Å²) in [6.45, 7) is 1.15. The minimum absolute atomic E-state index is 0.135. The molecule has 1 unspecified atom stereocenters. The Morgan fingerprint density at radius 2 is 1.83 bits per heavy atom. The van der Waals surface area contributed by atoms with E-state index < -0.39 is 6.09 Å². The highest BCUT2D eigenvalue weighted by atomic mass is 32.1. The summed E-state index contributed by atoms with van der Waals surface area (Å²) in [7, 11) is 3.16. The fourth-order valence-electron chi connectivity index (χ4n) is 4.55. The number of nitrogens with zero attached hydrogens (tertiary/aromatic N) is 4. The molecule has 41 heavy (non-hydrogen) atoms. The lowest BCUT2D eigenvalue weighted by Gasteiger charge is -2.32. The van der Waals surface area contributed by atoms with Crippen LogP contribution in [0.4, 0.5) is 27.9 Å². The number of hydrogen-bond donors (Lipinski definition) is 5. The molecule has 0 spiro atoms. The van der Waals surface area contributed by atoms with Gasteiger partial charge in [0.2, 0.25) is 11.9 Å². The number of carbonyl (C=O) groups is 2. The molecule has 2 amide bonds. The highest BCUT2D eigenvalue weighted by Gasteiger charge is 2.28. The topological polar surface area (TPSA) is 175 Å². The molecule has 2 aromatic heterocycles. The van der Waals surface area contributed by atoms with Gasteiger partial charge in [-0.3, -0.25) is 15.5 Å². The maximum absolute atomic E-state index is 13.1. The first kappa shape index (κ1) is 27.6. The zero-order chi connectivity index (χ0) is 28.9. The number of rotatable bonds is 8. The number of benzene rings is 2. The quantitative estimate of drug-likeness (QED) is 0.150. The molecule has 2 aromatic carbocycles. The fraction of sp³-hybridized carbons (Fsp3) is 0.259. The first-order chi connectivity index (χ1) is 19.8. The average molecular weight is 577 g/mol. The van der Waals surface area contributed by atoms with E-state index in [0.29, 0.717) is 59.5 Å². The number of fused-ring (bicyclic) bond motifs is 1.